The molecule has 0 spiro atoms. The van der Waals surface area contributed by atoms with Gasteiger partial charge < -0.3 is 0 Å². The molecule has 506 valence electrons. The maximum atomic E-state index is 4.86. The van der Waals surface area contributed by atoms with Gasteiger partial charge in [0.1, 0.15) is 0 Å². The Bertz CT molecular complexity index is 4400. The molecule has 0 atom stereocenters. The van der Waals surface area contributed by atoms with Crippen LogP contribution in [0.3, 0.4) is 0 Å². The molecule has 0 fully saturated rings. The topological polar surface area (TPSA) is 77.3 Å². The van der Waals surface area contributed by atoms with Crippen LogP contribution in [0.25, 0.3) is 34.2 Å². The average molecular weight is 1390 g/mol. The third kappa shape index (κ3) is 20.6. The summed E-state index contributed by atoms with van der Waals surface area (Å²) < 4.78 is 0. The molecular weight excluding hydrogens is 1290 g/mol. The summed E-state index contributed by atoms with van der Waals surface area (Å²) in [7, 11) is 0. The van der Waals surface area contributed by atoms with Crippen LogP contribution in [-0.2, 0) is 51.4 Å². The molecule has 0 saturated heterocycles. The monoisotopic (exact) mass is 1380 g/mol. The van der Waals surface area contributed by atoms with E-state index in [0.717, 1.165) is 190 Å². The summed E-state index contributed by atoms with van der Waals surface area (Å²) in [6.45, 7) is 18.0. The first-order valence-electron chi connectivity index (χ1n) is 36.6. The fourth-order valence-electron chi connectivity index (χ4n) is 11.8. The lowest BCUT2D eigenvalue weighted by atomic mass is 9.98. The van der Waals surface area contributed by atoms with E-state index in [1.54, 1.807) is 45.3 Å². The van der Waals surface area contributed by atoms with Crippen LogP contribution < -0.4 is 0 Å². The van der Waals surface area contributed by atoms with Crippen molar-refractivity contribution in [3.63, 3.8) is 0 Å². The number of unbranched alkanes of at least 4 members (excludes halogenated alkanes) is 8. The van der Waals surface area contributed by atoms with E-state index < -0.39 is 0 Å². The SMILES string of the molecule is CCCCc1csc(C#Cc2ccc(-c3ccc(C#Cc4sc(C#Cc5ccc(-c6ccc(C#Cc7sc(C#Cc8ccc(-c9ccc(C#Cc%10scc(CCCC)c%10CCCC)cn9)nc8)c(CCCC)c7CCCC)cn6)nc5)c(CCCC)c4CCCC)cn3)nc2)c1CCCC. The molecule has 0 amide bonds. The molecule has 0 aromatic carbocycles. The van der Waals surface area contributed by atoms with Gasteiger partial charge in [-0.15, -0.1) is 45.3 Å². The van der Waals surface area contributed by atoms with E-state index in [1.807, 2.05) is 110 Å². The Kier molecular flexibility index (Phi) is 28.9. The molecule has 10 aromatic heterocycles. The average Bonchev–Trinajstić information content (AvgIpc) is 1.66. The molecule has 10 aromatic rings. The minimum atomic E-state index is 0.783. The van der Waals surface area contributed by atoms with Crippen molar-refractivity contribution in [3.8, 4) is 105 Å². The van der Waals surface area contributed by atoms with Gasteiger partial charge in [0.2, 0.25) is 0 Å². The number of pyridine rings is 6. The first-order chi connectivity index (χ1) is 49.2. The molecule has 100 heavy (non-hydrogen) atoms. The zero-order chi connectivity index (χ0) is 69.7. The summed E-state index contributed by atoms with van der Waals surface area (Å²) >= 11 is 6.99. The van der Waals surface area contributed by atoms with Crippen LogP contribution in [-0.4, -0.2) is 29.9 Å². The van der Waals surface area contributed by atoms with E-state index >= 15 is 0 Å². The van der Waals surface area contributed by atoms with Crippen molar-refractivity contribution in [1.29, 1.82) is 0 Å². The molecule has 0 aliphatic carbocycles. The van der Waals surface area contributed by atoms with Crippen LogP contribution >= 0.6 is 45.3 Å². The van der Waals surface area contributed by atoms with Gasteiger partial charge in [0.15, 0.2) is 0 Å². The largest absolute Gasteiger partial charge is 0.253 e. The first-order valence-corrected chi connectivity index (χ1v) is 40.0. The highest BCUT2D eigenvalue weighted by molar-refractivity contribution is 7.14. The second-order valence-corrected chi connectivity index (χ2v) is 29.3. The Morgan fingerprint density at radius 3 is 0.630 bits per heavy atom. The van der Waals surface area contributed by atoms with Crippen molar-refractivity contribution < 1.29 is 0 Å². The lowest BCUT2D eigenvalue weighted by Crippen LogP contribution is -1.95. The van der Waals surface area contributed by atoms with Gasteiger partial charge in [0, 0.05) is 70.6 Å². The van der Waals surface area contributed by atoms with Crippen LogP contribution in [0.5, 0.6) is 0 Å². The Labute approximate surface area is 613 Å². The molecule has 10 rings (SSSR count). The molecule has 0 saturated carbocycles. The smallest absolute Gasteiger partial charge is 0.0887 e. The molecule has 0 aliphatic rings. The number of thiophene rings is 4. The van der Waals surface area contributed by atoms with E-state index in [2.05, 4.69) is 137 Å². The summed E-state index contributed by atoms with van der Waals surface area (Å²) in [6.07, 6.45) is 37.9. The number of nitrogens with zero attached hydrogens (tertiary/aromatic N) is 6. The van der Waals surface area contributed by atoms with Gasteiger partial charge >= 0.3 is 0 Å². The Morgan fingerprint density at radius 1 is 0.230 bits per heavy atom. The Hall–Kier alpha value is -8.94. The predicted molar refractivity (Wildman–Crippen MR) is 424 cm³/mol. The lowest BCUT2D eigenvalue weighted by Gasteiger charge is -2.05. The minimum Gasteiger partial charge on any atom is -0.253 e. The molecule has 0 bridgehead atoms. The lowest BCUT2D eigenvalue weighted by molar-refractivity contribution is 0.760. The molecule has 0 N–H and O–H groups in total. The molecule has 0 aliphatic heterocycles. The third-order valence-electron chi connectivity index (χ3n) is 17.8. The highest BCUT2D eigenvalue weighted by Gasteiger charge is 2.19. The molecular formula is C90H92N6S4. The number of hydrogen-bond donors (Lipinski definition) is 0. The second kappa shape index (κ2) is 39.2. The number of rotatable bonds is 27. The van der Waals surface area contributed by atoms with Crippen LogP contribution in [0.15, 0.2) is 121 Å². The molecule has 6 nitrogen and oxygen atoms in total. The standard InChI is InChI=1S/C90H92N6S4/c1-9-17-25-71-63-97-85(73(71)27-19-11-3)51-39-65-33-45-79(91-57-65)81-47-35-67(59-93-81)41-53-87-75(29-21-13-5)77(31-23-15-7)89(99-87)55-43-69-37-49-83(95-61-69)84-50-38-70(62-96-84)44-56-90-78(32-24-16-8)76(30-22-14-6)88(100-90)54-42-68-36-48-82(94-60-68)80-46-34-66(58-92-80)40-52-86-74(28-20-12-4)72(64-98-86)26-18-10-2/h33-38,45-50,57-64H,9-32H2,1-8H3. The highest BCUT2D eigenvalue weighted by atomic mass is 32.1. The second-order valence-electron chi connectivity index (χ2n) is 25.5. The van der Waals surface area contributed by atoms with Gasteiger partial charge in [0.25, 0.3) is 0 Å². The minimum absolute atomic E-state index is 0.783. The van der Waals surface area contributed by atoms with Crippen molar-refractivity contribution in [3.05, 3.63) is 228 Å². The summed E-state index contributed by atoms with van der Waals surface area (Å²) in [5, 5.41) is 4.64. The summed E-state index contributed by atoms with van der Waals surface area (Å²) in [4.78, 5) is 35.6. The van der Waals surface area contributed by atoms with Crippen molar-refractivity contribution in [2.45, 2.75) is 209 Å². The van der Waals surface area contributed by atoms with Crippen LogP contribution in [0.2, 0.25) is 0 Å². The summed E-state index contributed by atoms with van der Waals surface area (Å²) in [5.74, 6) is 42.0. The number of aryl methyl sites for hydroxylation is 2. The van der Waals surface area contributed by atoms with Crippen molar-refractivity contribution in [2.24, 2.45) is 0 Å². The van der Waals surface area contributed by atoms with Gasteiger partial charge in [0.05, 0.1) is 63.4 Å². The number of aromatic nitrogens is 6. The Balaban J connectivity index is 0.799. The van der Waals surface area contributed by atoms with Gasteiger partial charge in [-0.2, -0.15) is 0 Å². The van der Waals surface area contributed by atoms with Crippen molar-refractivity contribution in [2.75, 3.05) is 0 Å². The van der Waals surface area contributed by atoms with Gasteiger partial charge in [-0.25, -0.2) is 0 Å². The quantitative estimate of drug-likeness (QED) is 0.0478. The fourth-order valence-corrected chi connectivity index (χ4v) is 16.0. The van der Waals surface area contributed by atoms with Crippen molar-refractivity contribution >= 4 is 45.3 Å². The first kappa shape index (κ1) is 73.8. The molecule has 0 unspecified atom stereocenters. The van der Waals surface area contributed by atoms with E-state index in [9.17, 15) is 0 Å². The zero-order valence-corrected chi connectivity index (χ0v) is 63.1. The van der Waals surface area contributed by atoms with Crippen LogP contribution in [0.1, 0.15) is 265 Å². The molecule has 10 heterocycles. The maximum Gasteiger partial charge on any atom is 0.0887 e. The third-order valence-corrected chi connectivity index (χ3v) is 21.9. The number of hydrogen-bond acceptors (Lipinski definition) is 10. The van der Waals surface area contributed by atoms with E-state index in [0.29, 0.717) is 0 Å². The highest BCUT2D eigenvalue weighted by Crippen LogP contribution is 2.34. The van der Waals surface area contributed by atoms with Gasteiger partial charge in [-0.3, -0.25) is 29.9 Å². The molecule has 10 heteroatoms. The zero-order valence-electron chi connectivity index (χ0n) is 59.8. The van der Waals surface area contributed by atoms with E-state index in [4.69, 9.17) is 29.9 Å². The Morgan fingerprint density at radius 2 is 0.430 bits per heavy atom. The summed E-state index contributed by atoms with van der Waals surface area (Å²) in [5.41, 5.74) is 21.2. The summed E-state index contributed by atoms with van der Waals surface area (Å²) in [6, 6.07) is 24.3. The maximum absolute atomic E-state index is 4.86. The normalized spacial score (nSPS) is 10.7. The van der Waals surface area contributed by atoms with Crippen LogP contribution in [0, 0.1) is 71.0 Å². The molecule has 0 radical (unpaired) electrons. The fraction of sp³-hybridized carbons (Fsp3) is 0.356. The van der Waals surface area contributed by atoms with Gasteiger partial charge in [-0.1, -0.05) is 178 Å². The van der Waals surface area contributed by atoms with Crippen LogP contribution in [0.4, 0.5) is 0 Å². The van der Waals surface area contributed by atoms with E-state index in [-0.39, 0.29) is 0 Å². The predicted octanol–water partition coefficient (Wildman–Crippen LogP) is 22.4. The van der Waals surface area contributed by atoms with Crippen molar-refractivity contribution in [1.82, 2.24) is 29.9 Å². The van der Waals surface area contributed by atoms with E-state index in [1.165, 1.54) is 106 Å². The van der Waals surface area contributed by atoms with Gasteiger partial charge in [-0.05, 0) is 231 Å².